The third-order valence-electron chi connectivity index (χ3n) is 4.04. The lowest BCUT2D eigenvalue weighted by atomic mass is 9.64. The van der Waals surface area contributed by atoms with Crippen LogP contribution in [0.15, 0.2) is 24.3 Å². The van der Waals surface area contributed by atoms with Crippen molar-refractivity contribution >= 4 is 5.78 Å². The number of carbonyl (C=O) groups excluding carboxylic acids is 1. The van der Waals surface area contributed by atoms with Crippen molar-refractivity contribution in [3.63, 3.8) is 0 Å². The second kappa shape index (κ2) is 5.11. The first-order valence-electron chi connectivity index (χ1n) is 6.38. The number of carbonyl (C=O) groups is 1. The molecule has 0 aromatic heterocycles. The van der Waals surface area contributed by atoms with Gasteiger partial charge in [0.25, 0.3) is 0 Å². The Kier molecular flexibility index (Phi) is 3.71. The van der Waals surface area contributed by atoms with Crippen molar-refractivity contribution in [2.24, 2.45) is 5.41 Å². The lowest BCUT2D eigenvalue weighted by Crippen LogP contribution is -2.52. The highest BCUT2D eigenvalue weighted by molar-refractivity contribution is 5.91. The van der Waals surface area contributed by atoms with Crippen LogP contribution in [0.3, 0.4) is 0 Å². The molecule has 0 heterocycles. The van der Waals surface area contributed by atoms with Gasteiger partial charge in [-0.3, -0.25) is 4.79 Å². The van der Waals surface area contributed by atoms with Gasteiger partial charge >= 0.3 is 0 Å². The average Bonchev–Trinajstić information content (AvgIpc) is 2.42. The Morgan fingerprint density at radius 3 is 2.83 bits per heavy atom. The van der Waals surface area contributed by atoms with E-state index in [2.05, 4.69) is 0 Å². The Morgan fingerprint density at radius 2 is 2.22 bits per heavy atom. The molecule has 2 atom stereocenters. The van der Waals surface area contributed by atoms with E-state index in [9.17, 15) is 4.79 Å². The third kappa shape index (κ3) is 2.27. The summed E-state index contributed by atoms with van der Waals surface area (Å²) in [6, 6.07) is 7.82. The minimum atomic E-state index is -0.279. The van der Waals surface area contributed by atoms with E-state index in [0.29, 0.717) is 18.8 Å². The zero-order chi connectivity index (χ0) is 13.2. The van der Waals surface area contributed by atoms with Crippen molar-refractivity contribution in [2.45, 2.75) is 39.4 Å². The molecule has 18 heavy (non-hydrogen) atoms. The summed E-state index contributed by atoms with van der Waals surface area (Å²) < 4.78 is 11.0. The van der Waals surface area contributed by atoms with Gasteiger partial charge in [-0.25, -0.2) is 0 Å². The molecular weight excluding hydrogens is 228 g/mol. The lowest BCUT2D eigenvalue weighted by molar-refractivity contribution is -0.163. The first-order valence-corrected chi connectivity index (χ1v) is 6.38. The van der Waals surface area contributed by atoms with Crippen LogP contribution in [0.4, 0.5) is 0 Å². The van der Waals surface area contributed by atoms with Gasteiger partial charge in [-0.15, -0.1) is 0 Å². The van der Waals surface area contributed by atoms with Crippen LogP contribution in [0.1, 0.15) is 32.3 Å². The van der Waals surface area contributed by atoms with Gasteiger partial charge in [0.05, 0.1) is 25.2 Å². The maximum atomic E-state index is 11.6. The first-order chi connectivity index (χ1) is 8.60. The summed E-state index contributed by atoms with van der Waals surface area (Å²) in [5, 5.41) is 0. The van der Waals surface area contributed by atoms with Gasteiger partial charge < -0.3 is 9.47 Å². The smallest absolute Gasteiger partial charge is 0.143 e. The molecule has 0 bridgehead atoms. The van der Waals surface area contributed by atoms with Crippen LogP contribution in [0, 0.1) is 5.41 Å². The van der Waals surface area contributed by atoms with Crippen molar-refractivity contribution < 1.29 is 14.3 Å². The molecule has 0 N–H and O–H groups in total. The van der Waals surface area contributed by atoms with E-state index < -0.39 is 0 Å². The molecule has 1 fully saturated rings. The monoisotopic (exact) mass is 248 g/mol. The Hall–Kier alpha value is -1.35. The molecule has 2 rings (SSSR count). The van der Waals surface area contributed by atoms with Crippen LogP contribution in [-0.4, -0.2) is 19.0 Å². The van der Waals surface area contributed by atoms with Crippen molar-refractivity contribution in [1.82, 2.24) is 0 Å². The molecule has 98 valence electrons. The van der Waals surface area contributed by atoms with Crippen molar-refractivity contribution in [2.75, 3.05) is 7.11 Å². The SMILES string of the molecule is CCC1(C)C(=O)CC1OCc1cccc(OC)c1. The van der Waals surface area contributed by atoms with Crippen LogP contribution in [0.5, 0.6) is 5.75 Å². The van der Waals surface area contributed by atoms with Crippen LogP contribution < -0.4 is 4.74 Å². The van der Waals surface area contributed by atoms with E-state index in [1.54, 1.807) is 7.11 Å². The molecule has 0 amide bonds. The third-order valence-corrected chi connectivity index (χ3v) is 4.04. The van der Waals surface area contributed by atoms with E-state index in [4.69, 9.17) is 9.47 Å². The predicted molar refractivity (Wildman–Crippen MR) is 69.6 cm³/mol. The molecule has 2 unspecified atom stereocenters. The standard InChI is InChI=1S/C15H20O3/c1-4-15(2)13(16)9-14(15)18-10-11-6-5-7-12(8-11)17-3/h5-8,14H,4,9-10H2,1-3H3. The van der Waals surface area contributed by atoms with Gasteiger partial charge in [0, 0.05) is 6.42 Å². The summed E-state index contributed by atoms with van der Waals surface area (Å²) in [6.45, 7) is 4.57. The van der Waals surface area contributed by atoms with Crippen LogP contribution in [-0.2, 0) is 16.1 Å². The molecule has 3 heteroatoms. The Morgan fingerprint density at radius 1 is 1.44 bits per heavy atom. The Labute approximate surface area is 108 Å². The summed E-state index contributed by atoms with van der Waals surface area (Å²) in [6.07, 6.45) is 1.45. The van der Waals surface area contributed by atoms with Gasteiger partial charge in [-0.1, -0.05) is 26.0 Å². The topological polar surface area (TPSA) is 35.5 Å². The van der Waals surface area contributed by atoms with E-state index in [1.807, 2.05) is 38.1 Å². The molecule has 1 aromatic rings. The van der Waals surface area contributed by atoms with Gasteiger partial charge in [0.1, 0.15) is 11.5 Å². The number of rotatable bonds is 5. The van der Waals surface area contributed by atoms with Gasteiger partial charge in [0.2, 0.25) is 0 Å². The number of hydrogen-bond acceptors (Lipinski definition) is 3. The van der Waals surface area contributed by atoms with Crippen molar-refractivity contribution in [3.05, 3.63) is 29.8 Å². The summed E-state index contributed by atoms with van der Waals surface area (Å²) in [7, 11) is 1.65. The number of hydrogen-bond donors (Lipinski definition) is 0. The van der Waals surface area contributed by atoms with E-state index >= 15 is 0 Å². The fourth-order valence-electron chi connectivity index (χ4n) is 2.30. The highest BCUT2D eigenvalue weighted by Gasteiger charge is 2.50. The van der Waals surface area contributed by atoms with E-state index in [0.717, 1.165) is 17.7 Å². The molecule has 1 aromatic carbocycles. The summed E-state index contributed by atoms with van der Waals surface area (Å²) >= 11 is 0. The number of Topliss-reactive ketones (excluding diaryl/α,β-unsaturated/α-hetero) is 1. The highest BCUT2D eigenvalue weighted by Crippen LogP contribution is 2.42. The largest absolute Gasteiger partial charge is 0.497 e. The first kappa shape index (κ1) is 13.1. The van der Waals surface area contributed by atoms with Crippen molar-refractivity contribution in [1.29, 1.82) is 0 Å². The predicted octanol–water partition coefficient (Wildman–Crippen LogP) is 2.97. The molecule has 0 saturated heterocycles. The maximum Gasteiger partial charge on any atom is 0.143 e. The lowest BCUT2D eigenvalue weighted by Gasteiger charge is -2.44. The molecule has 0 spiro atoms. The molecule has 0 radical (unpaired) electrons. The fourth-order valence-corrected chi connectivity index (χ4v) is 2.30. The van der Waals surface area contributed by atoms with Gasteiger partial charge in [-0.05, 0) is 24.1 Å². The number of ketones is 1. The minimum absolute atomic E-state index is 0.0567. The number of methoxy groups -OCH3 is 1. The average molecular weight is 248 g/mol. The van der Waals surface area contributed by atoms with E-state index in [1.165, 1.54) is 0 Å². The summed E-state index contributed by atoms with van der Waals surface area (Å²) in [4.78, 5) is 11.6. The second-order valence-electron chi connectivity index (χ2n) is 5.05. The quantitative estimate of drug-likeness (QED) is 0.803. The van der Waals surface area contributed by atoms with Crippen LogP contribution in [0.2, 0.25) is 0 Å². The van der Waals surface area contributed by atoms with Crippen LogP contribution >= 0.6 is 0 Å². The van der Waals surface area contributed by atoms with Crippen LogP contribution in [0.25, 0.3) is 0 Å². The molecule has 0 aliphatic heterocycles. The normalized spacial score (nSPS) is 26.8. The summed E-state index contributed by atoms with van der Waals surface area (Å²) in [5.74, 6) is 1.15. The fraction of sp³-hybridized carbons (Fsp3) is 0.533. The number of ether oxygens (including phenoxy) is 2. The second-order valence-corrected chi connectivity index (χ2v) is 5.05. The molecule has 1 saturated carbocycles. The van der Waals surface area contributed by atoms with Crippen molar-refractivity contribution in [3.8, 4) is 5.75 Å². The molecule has 1 aliphatic carbocycles. The Balaban J connectivity index is 1.94. The minimum Gasteiger partial charge on any atom is -0.497 e. The molecule has 1 aliphatic rings. The number of benzene rings is 1. The van der Waals surface area contributed by atoms with Gasteiger partial charge in [-0.2, -0.15) is 0 Å². The molecule has 3 nitrogen and oxygen atoms in total. The van der Waals surface area contributed by atoms with E-state index in [-0.39, 0.29) is 11.5 Å². The summed E-state index contributed by atoms with van der Waals surface area (Å²) in [5.41, 5.74) is 0.797. The zero-order valence-electron chi connectivity index (χ0n) is 11.2. The van der Waals surface area contributed by atoms with Gasteiger partial charge in [0.15, 0.2) is 0 Å². The Bertz CT molecular complexity index is 441. The maximum absolute atomic E-state index is 11.6. The zero-order valence-corrected chi connectivity index (χ0v) is 11.2. The highest BCUT2D eigenvalue weighted by atomic mass is 16.5. The molecular formula is C15H20O3.